The molecule has 0 spiro atoms. The van der Waals surface area contributed by atoms with Crippen LogP contribution in [0.15, 0.2) is 35.2 Å². The molecule has 0 aliphatic heterocycles. The number of carboxylic acid groups (broad SMARTS) is 1. The van der Waals surface area contributed by atoms with Crippen molar-refractivity contribution in [3.05, 3.63) is 30.3 Å². The molecule has 1 aromatic carbocycles. The first kappa shape index (κ1) is 73.8. The molecule has 73 heavy (non-hydrogen) atoms. The van der Waals surface area contributed by atoms with Gasteiger partial charge in [0.1, 0.15) is 13.2 Å². The summed E-state index contributed by atoms with van der Waals surface area (Å²) in [6.45, 7) is 9.44. The zero-order valence-electron chi connectivity index (χ0n) is 44.2. The number of ether oxygens (including phenoxy) is 10. The van der Waals surface area contributed by atoms with Crippen molar-refractivity contribution in [3.8, 4) is 0 Å². The molecule has 24 heteroatoms. The number of aliphatic hydroxyl groups excluding tert-OH is 6. The van der Waals surface area contributed by atoms with Gasteiger partial charge in [-0.3, -0.25) is 24.0 Å². The number of hydrogen-bond acceptors (Lipinski definition) is 22. The second-order valence-electron chi connectivity index (χ2n) is 15.4. The minimum absolute atomic E-state index is 0.0218. The number of thioether (sulfide) groups is 1. The Morgan fingerprint density at radius 2 is 0.945 bits per heavy atom. The average Bonchev–Trinajstić information content (AvgIpc) is 3.40. The van der Waals surface area contributed by atoms with E-state index >= 15 is 0 Å². The minimum atomic E-state index is -0.945. The fraction of sp³-hybridized carbons (Fsp3) is 0.776. The summed E-state index contributed by atoms with van der Waals surface area (Å²) < 4.78 is 51.2. The van der Waals surface area contributed by atoms with Crippen LogP contribution in [-0.2, 0) is 71.3 Å². The Balaban J connectivity index is -0.000000975. The number of carbonyl (C=O) groups is 5. The lowest BCUT2D eigenvalue weighted by Gasteiger charge is -2.21. The molecule has 8 unspecified atom stereocenters. The summed E-state index contributed by atoms with van der Waals surface area (Å²) in [5.74, 6) is -2.12. The van der Waals surface area contributed by atoms with E-state index in [2.05, 4.69) is 5.32 Å². The summed E-state index contributed by atoms with van der Waals surface area (Å²) >= 11 is 1.15. The molecule has 1 rings (SSSR count). The van der Waals surface area contributed by atoms with Crippen LogP contribution in [0.1, 0.15) is 112 Å². The average molecular weight is 1080 g/mol. The van der Waals surface area contributed by atoms with Crippen molar-refractivity contribution in [2.24, 2.45) is 0 Å². The van der Waals surface area contributed by atoms with Gasteiger partial charge in [-0.05, 0) is 57.1 Å². The molecule has 8 atom stereocenters. The smallest absolute Gasteiger partial charge is 0.305 e. The maximum absolute atomic E-state index is 11.9. The summed E-state index contributed by atoms with van der Waals surface area (Å²) in [6.07, 6.45) is 0.627. The number of nitrogens with one attached hydrogen (secondary N) is 1. The maximum atomic E-state index is 11.9. The topological polar surface area (TPSA) is 331 Å². The van der Waals surface area contributed by atoms with Gasteiger partial charge in [-0.2, -0.15) is 0 Å². The van der Waals surface area contributed by atoms with E-state index in [-0.39, 0.29) is 133 Å². The van der Waals surface area contributed by atoms with Crippen molar-refractivity contribution < 1.29 is 107 Å². The first-order valence-corrected chi connectivity index (χ1v) is 25.4. The van der Waals surface area contributed by atoms with Crippen LogP contribution in [0.2, 0.25) is 0 Å². The predicted octanol–water partition coefficient (Wildman–Crippen LogP) is 3.09. The van der Waals surface area contributed by atoms with E-state index in [9.17, 15) is 24.0 Å². The van der Waals surface area contributed by atoms with Gasteiger partial charge in [0.2, 0.25) is 5.91 Å². The number of rotatable bonds is 40. The molecule has 23 nitrogen and oxygen atoms in total. The van der Waals surface area contributed by atoms with Gasteiger partial charge in [0.05, 0.1) is 64.1 Å². The van der Waals surface area contributed by atoms with Gasteiger partial charge in [-0.25, -0.2) is 0 Å². The quantitative estimate of drug-likeness (QED) is 0.0266. The molecular formula is C49H89NO22S. The van der Waals surface area contributed by atoms with E-state index < -0.39 is 43.1 Å². The summed E-state index contributed by atoms with van der Waals surface area (Å²) in [6, 6.07) is 9.32. The van der Waals surface area contributed by atoms with Gasteiger partial charge in [-0.1, -0.05) is 64.6 Å². The minimum Gasteiger partial charge on any atom is -0.481 e. The Labute approximate surface area is 435 Å². The Morgan fingerprint density at radius 1 is 0.534 bits per heavy atom. The highest BCUT2D eigenvalue weighted by Crippen LogP contribution is 2.19. The van der Waals surface area contributed by atoms with E-state index in [4.69, 9.17) is 83.1 Å². The predicted molar refractivity (Wildman–Crippen MR) is 268 cm³/mol. The summed E-state index contributed by atoms with van der Waals surface area (Å²) in [4.78, 5) is 57.9. The molecule has 1 aromatic rings. The first-order chi connectivity index (χ1) is 35.1. The number of esters is 2. The molecule has 0 saturated heterocycles. The molecule has 0 saturated carbocycles. The van der Waals surface area contributed by atoms with Crippen molar-refractivity contribution in [1.82, 2.24) is 5.32 Å². The molecule has 0 aliphatic rings. The van der Waals surface area contributed by atoms with E-state index in [1.165, 1.54) is 21.3 Å². The van der Waals surface area contributed by atoms with E-state index in [1.807, 2.05) is 65.0 Å². The van der Waals surface area contributed by atoms with E-state index in [0.29, 0.717) is 38.7 Å². The highest BCUT2D eigenvalue weighted by atomic mass is 32.2. The van der Waals surface area contributed by atoms with Gasteiger partial charge in [0.25, 0.3) is 0 Å². The number of amides is 1. The molecule has 0 heterocycles. The van der Waals surface area contributed by atoms with Crippen LogP contribution in [0.4, 0.5) is 0 Å². The molecule has 0 aliphatic carbocycles. The molecule has 0 bridgehead atoms. The highest BCUT2D eigenvalue weighted by Gasteiger charge is 2.19. The van der Waals surface area contributed by atoms with Crippen LogP contribution in [0.25, 0.3) is 0 Å². The van der Waals surface area contributed by atoms with Crippen LogP contribution < -0.4 is 5.32 Å². The lowest BCUT2D eigenvalue weighted by atomic mass is 10.2. The Bertz CT molecular complexity index is 1440. The normalized spacial score (nSPS) is 14.1. The molecule has 428 valence electrons. The lowest BCUT2D eigenvalue weighted by Crippen LogP contribution is -2.30. The van der Waals surface area contributed by atoms with Gasteiger partial charge in [-0.15, -0.1) is 0 Å². The van der Waals surface area contributed by atoms with Gasteiger partial charge in [0.15, 0.2) is 30.3 Å². The number of methoxy groups -OCH3 is 3. The Kier molecular flexibility index (Phi) is 52.6. The van der Waals surface area contributed by atoms with Crippen LogP contribution in [-0.4, -0.2) is 202 Å². The molecule has 0 aromatic heterocycles. The summed E-state index contributed by atoms with van der Waals surface area (Å²) in [5.41, 5.74) is 0. The SMILES string of the molecule is CCC(CO)OC(CO)OC.CCC(CO)OC(COC(=O)CCCC(=O)NCCC(=O)Sc1ccccc1)OC.CCC(CO)OC(COC(=O)CCCC(=O)O)OC.CCCOC(CO)OC(CC)CO. The van der Waals surface area contributed by atoms with E-state index in [0.717, 1.165) is 23.1 Å². The van der Waals surface area contributed by atoms with Gasteiger partial charge in [0, 0.05) is 71.5 Å². The lowest BCUT2D eigenvalue weighted by molar-refractivity contribution is -0.194. The second-order valence-corrected chi connectivity index (χ2v) is 16.5. The van der Waals surface area contributed by atoms with Gasteiger partial charge >= 0.3 is 17.9 Å². The molecular weight excluding hydrogens is 987 g/mol. The third-order valence-electron chi connectivity index (χ3n) is 9.55. The fourth-order valence-electron chi connectivity index (χ4n) is 5.12. The molecule has 8 N–H and O–H groups in total. The van der Waals surface area contributed by atoms with Gasteiger partial charge < -0.3 is 88.4 Å². The number of aliphatic carboxylic acids is 1. The summed E-state index contributed by atoms with van der Waals surface area (Å²) in [7, 11) is 4.29. The zero-order valence-corrected chi connectivity index (χ0v) is 45.0. The number of aliphatic hydroxyl groups is 6. The van der Waals surface area contributed by atoms with Crippen LogP contribution in [0, 0.1) is 0 Å². The number of hydrogen-bond donors (Lipinski definition) is 8. The summed E-state index contributed by atoms with van der Waals surface area (Å²) in [5, 5.41) is 64.2. The second kappa shape index (κ2) is 52.0. The molecule has 1 amide bonds. The van der Waals surface area contributed by atoms with Crippen molar-refractivity contribution >= 4 is 40.7 Å². The Hall–Kier alpha value is -3.44. The standard InChI is InChI=1S/C21H31NO7S.C12H22O7.C9H20O4.C7H16O4/c1-3-16(14-23)29-21(27-2)15-28-19(25)11-7-10-18(24)22-13-12-20(26)30-17-8-5-4-6-9-17;1-3-9(7-13)19-12(17-2)8-18-11(16)6-4-5-10(14)15;1-3-5-12-9(7-11)13-8(4-2)6-10;1-3-6(4-8)11-7(5-9)10-2/h4-6,8-9,16,21,23H,3,7,10-15H2,1-2H3,(H,22,24);9,12-13H,3-8H2,1-2H3,(H,14,15);8-11H,3-7H2,1-2H3;6-9H,3-5H2,1-2H3. The third kappa shape index (κ3) is 44.6. The van der Waals surface area contributed by atoms with Crippen LogP contribution >= 0.6 is 11.8 Å². The van der Waals surface area contributed by atoms with Crippen molar-refractivity contribution in [2.45, 2.75) is 166 Å². The van der Waals surface area contributed by atoms with Crippen molar-refractivity contribution in [2.75, 3.05) is 87.3 Å². The van der Waals surface area contributed by atoms with Crippen LogP contribution in [0.3, 0.4) is 0 Å². The Morgan fingerprint density at radius 3 is 1.32 bits per heavy atom. The number of carbonyl (C=O) groups excluding carboxylic acids is 4. The largest absolute Gasteiger partial charge is 0.481 e. The maximum Gasteiger partial charge on any atom is 0.305 e. The number of carboxylic acids is 1. The zero-order chi connectivity index (χ0) is 55.7. The highest BCUT2D eigenvalue weighted by molar-refractivity contribution is 8.13. The fourth-order valence-corrected chi connectivity index (χ4v) is 5.88. The van der Waals surface area contributed by atoms with Crippen LogP contribution in [0.5, 0.6) is 0 Å². The monoisotopic (exact) mass is 1080 g/mol. The molecule has 0 fully saturated rings. The first-order valence-electron chi connectivity index (χ1n) is 24.6. The molecule has 0 radical (unpaired) electrons. The van der Waals surface area contributed by atoms with E-state index in [1.54, 1.807) is 0 Å². The third-order valence-corrected chi connectivity index (χ3v) is 10.5. The van der Waals surface area contributed by atoms with Crippen molar-refractivity contribution in [3.63, 3.8) is 0 Å². The van der Waals surface area contributed by atoms with Crippen molar-refractivity contribution in [1.29, 1.82) is 0 Å². The number of benzene rings is 1.